The van der Waals surface area contributed by atoms with Gasteiger partial charge in [0, 0.05) is 17.3 Å². The molecule has 0 atom stereocenters. The van der Waals surface area contributed by atoms with Gasteiger partial charge in [-0.05, 0) is 37.1 Å². The molecule has 0 aliphatic heterocycles. The molecular weight excluding hydrogens is 340 g/mol. The van der Waals surface area contributed by atoms with Crippen molar-refractivity contribution in [3.8, 4) is 0 Å². The van der Waals surface area contributed by atoms with Crippen LogP contribution in [0.4, 0.5) is 0 Å². The first-order chi connectivity index (χ1) is 11.6. The summed E-state index contributed by atoms with van der Waals surface area (Å²) in [5.74, 6) is 0.782. The van der Waals surface area contributed by atoms with E-state index in [0.29, 0.717) is 22.5 Å². The van der Waals surface area contributed by atoms with Gasteiger partial charge in [0.05, 0.1) is 10.9 Å². The number of aryl methyl sites for hydroxylation is 1. The van der Waals surface area contributed by atoms with Gasteiger partial charge in [0.1, 0.15) is 0 Å². The van der Waals surface area contributed by atoms with Crippen LogP contribution in [0.15, 0.2) is 52.4 Å². The van der Waals surface area contributed by atoms with Gasteiger partial charge in [-0.2, -0.15) is 0 Å². The van der Waals surface area contributed by atoms with E-state index in [-0.39, 0.29) is 5.56 Å². The predicted molar refractivity (Wildman–Crippen MR) is 102 cm³/mol. The molecule has 1 heterocycles. The number of halogens is 1. The minimum Gasteiger partial charge on any atom is -0.287 e. The van der Waals surface area contributed by atoms with Crippen LogP contribution in [0.2, 0.25) is 5.02 Å². The zero-order valence-electron chi connectivity index (χ0n) is 13.8. The fourth-order valence-corrected chi connectivity index (χ4v) is 3.79. The largest absolute Gasteiger partial charge is 0.287 e. The molecule has 0 aliphatic rings. The lowest BCUT2D eigenvalue weighted by molar-refractivity contribution is 0.585. The number of benzene rings is 2. The van der Waals surface area contributed by atoms with Crippen molar-refractivity contribution in [1.29, 1.82) is 0 Å². The summed E-state index contributed by atoms with van der Waals surface area (Å²) in [4.78, 5) is 17.5. The Balaban J connectivity index is 2.01. The quantitative estimate of drug-likeness (QED) is 0.472. The number of fused-ring (bicyclic) bond motifs is 1. The molecule has 0 aliphatic carbocycles. The Hall–Kier alpha value is -1.78. The second kappa shape index (κ2) is 7.41. The Morgan fingerprint density at radius 1 is 1.21 bits per heavy atom. The molecule has 3 nitrogen and oxygen atoms in total. The van der Waals surface area contributed by atoms with Crippen molar-refractivity contribution < 1.29 is 0 Å². The Morgan fingerprint density at radius 2 is 2.04 bits per heavy atom. The lowest BCUT2D eigenvalue weighted by atomic mass is 10.2. The Bertz CT molecular complexity index is 936. The van der Waals surface area contributed by atoms with Crippen molar-refractivity contribution >= 4 is 34.3 Å². The van der Waals surface area contributed by atoms with Crippen molar-refractivity contribution in [3.05, 3.63) is 69.0 Å². The number of rotatable bonds is 5. The van der Waals surface area contributed by atoms with E-state index in [1.165, 1.54) is 11.1 Å². The molecule has 0 bridgehead atoms. The van der Waals surface area contributed by atoms with Gasteiger partial charge in [-0.1, -0.05) is 60.1 Å². The monoisotopic (exact) mass is 358 g/mol. The lowest BCUT2D eigenvalue weighted by Crippen LogP contribution is -2.23. The van der Waals surface area contributed by atoms with Crippen LogP contribution in [-0.4, -0.2) is 9.55 Å². The summed E-state index contributed by atoms with van der Waals surface area (Å²) in [7, 11) is 0. The number of aromatic nitrogens is 2. The van der Waals surface area contributed by atoms with Gasteiger partial charge >= 0.3 is 0 Å². The second-order valence-electron chi connectivity index (χ2n) is 5.79. The fraction of sp³-hybridized carbons (Fsp3) is 0.263. The summed E-state index contributed by atoms with van der Waals surface area (Å²) in [5, 5.41) is 1.96. The second-order valence-corrected chi connectivity index (χ2v) is 7.17. The molecule has 0 unspecified atom stereocenters. The molecule has 3 rings (SSSR count). The Kier molecular flexibility index (Phi) is 5.27. The van der Waals surface area contributed by atoms with Crippen molar-refractivity contribution in [2.75, 3.05) is 0 Å². The SMILES string of the molecule is CCCn1c(SCc2cccc(C)c2)nc2cc(Cl)ccc2c1=O. The van der Waals surface area contributed by atoms with Gasteiger partial charge in [-0.3, -0.25) is 9.36 Å². The smallest absolute Gasteiger partial charge is 0.262 e. The summed E-state index contributed by atoms with van der Waals surface area (Å²) in [6.45, 7) is 4.81. The van der Waals surface area contributed by atoms with E-state index in [9.17, 15) is 4.79 Å². The van der Waals surface area contributed by atoms with Crippen LogP contribution in [0.3, 0.4) is 0 Å². The highest BCUT2D eigenvalue weighted by molar-refractivity contribution is 7.98. The van der Waals surface area contributed by atoms with Gasteiger partial charge < -0.3 is 0 Å². The van der Waals surface area contributed by atoms with E-state index in [0.717, 1.165) is 17.3 Å². The molecule has 1 aromatic heterocycles. The van der Waals surface area contributed by atoms with Crippen molar-refractivity contribution in [1.82, 2.24) is 9.55 Å². The van der Waals surface area contributed by atoms with Crippen LogP contribution in [0.25, 0.3) is 10.9 Å². The third kappa shape index (κ3) is 3.65. The number of nitrogens with zero attached hydrogens (tertiary/aromatic N) is 2. The molecule has 0 saturated heterocycles. The zero-order valence-corrected chi connectivity index (χ0v) is 15.3. The van der Waals surface area contributed by atoms with Gasteiger partial charge in [0.15, 0.2) is 5.16 Å². The number of hydrogen-bond acceptors (Lipinski definition) is 3. The molecule has 0 radical (unpaired) electrons. The fourth-order valence-electron chi connectivity index (χ4n) is 2.65. The van der Waals surface area contributed by atoms with E-state index in [4.69, 9.17) is 16.6 Å². The highest BCUT2D eigenvalue weighted by Crippen LogP contribution is 2.24. The molecule has 0 amide bonds. The van der Waals surface area contributed by atoms with Gasteiger partial charge in [-0.25, -0.2) is 4.98 Å². The number of thioether (sulfide) groups is 1. The minimum atomic E-state index is 0.00487. The summed E-state index contributed by atoms with van der Waals surface area (Å²) in [5.41, 5.74) is 3.12. The third-order valence-electron chi connectivity index (χ3n) is 3.78. The molecule has 0 spiro atoms. The predicted octanol–water partition coefficient (Wildman–Crippen LogP) is 5.06. The van der Waals surface area contributed by atoms with Gasteiger partial charge in [0.2, 0.25) is 0 Å². The maximum absolute atomic E-state index is 12.8. The molecule has 0 saturated carbocycles. The van der Waals surface area contributed by atoms with Gasteiger partial charge in [-0.15, -0.1) is 0 Å². The van der Waals surface area contributed by atoms with Crippen LogP contribution in [0.1, 0.15) is 24.5 Å². The summed E-state index contributed by atoms with van der Waals surface area (Å²) in [6, 6.07) is 13.6. The van der Waals surface area contributed by atoms with Crippen molar-refractivity contribution in [3.63, 3.8) is 0 Å². The normalized spacial score (nSPS) is 11.1. The van der Waals surface area contributed by atoms with Crippen LogP contribution >= 0.6 is 23.4 Å². The zero-order chi connectivity index (χ0) is 17.1. The Labute approximate surface area is 150 Å². The highest BCUT2D eigenvalue weighted by atomic mass is 35.5. The third-order valence-corrected chi connectivity index (χ3v) is 5.06. The topological polar surface area (TPSA) is 34.9 Å². The average Bonchev–Trinajstić information content (AvgIpc) is 2.56. The lowest BCUT2D eigenvalue weighted by Gasteiger charge is -2.12. The van der Waals surface area contributed by atoms with Crippen LogP contribution in [-0.2, 0) is 12.3 Å². The van der Waals surface area contributed by atoms with Crippen molar-refractivity contribution in [2.45, 2.75) is 37.7 Å². The highest BCUT2D eigenvalue weighted by Gasteiger charge is 2.11. The van der Waals surface area contributed by atoms with Crippen LogP contribution in [0, 0.1) is 6.92 Å². The van der Waals surface area contributed by atoms with E-state index >= 15 is 0 Å². The van der Waals surface area contributed by atoms with Gasteiger partial charge in [0.25, 0.3) is 5.56 Å². The maximum Gasteiger partial charge on any atom is 0.262 e. The molecule has 5 heteroatoms. The van der Waals surface area contributed by atoms with Crippen molar-refractivity contribution in [2.24, 2.45) is 0 Å². The minimum absolute atomic E-state index is 0.00487. The molecular formula is C19H19ClN2OS. The van der Waals surface area contributed by atoms with E-state index < -0.39 is 0 Å². The standard InChI is InChI=1S/C19H19ClN2OS/c1-3-9-22-18(23)16-8-7-15(20)11-17(16)21-19(22)24-12-14-6-4-5-13(2)10-14/h4-8,10-11H,3,9,12H2,1-2H3. The summed E-state index contributed by atoms with van der Waals surface area (Å²) < 4.78 is 1.77. The first-order valence-electron chi connectivity index (χ1n) is 7.97. The first kappa shape index (κ1) is 17.1. The van der Waals surface area contributed by atoms with Crippen LogP contribution < -0.4 is 5.56 Å². The molecule has 24 heavy (non-hydrogen) atoms. The molecule has 3 aromatic rings. The number of hydrogen-bond donors (Lipinski definition) is 0. The first-order valence-corrected chi connectivity index (χ1v) is 9.33. The van der Waals surface area contributed by atoms with Crippen LogP contribution in [0.5, 0.6) is 0 Å². The molecule has 2 aromatic carbocycles. The molecule has 124 valence electrons. The Morgan fingerprint density at radius 3 is 2.79 bits per heavy atom. The average molecular weight is 359 g/mol. The van der Waals surface area contributed by atoms with E-state index in [1.807, 2.05) is 0 Å². The molecule has 0 N–H and O–H groups in total. The maximum atomic E-state index is 12.8. The van der Waals surface area contributed by atoms with E-state index in [2.05, 4.69) is 38.1 Å². The van der Waals surface area contributed by atoms with E-state index in [1.54, 1.807) is 34.5 Å². The summed E-state index contributed by atoms with van der Waals surface area (Å²) in [6.07, 6.45) is 0.888. The summed E-state index contributed by atoms with van der Waals surface area (Å²) >= 11 is 7.65. The molecule has 0 fully saturated rings.